The van der Waals surface area contributed by atoms with Gasteiger partial charge in [-0.15, -0.1) is 0 Å². The Morgan fingerprint density at radius 1 is 0.960 bits per heavy atom. The van der Waals surface area contributed by atoms with Crippen LogP contribution in [0.4, 0.5) is 17.7 Å². The summed E-state index contributed by atoms with van der Waals surface area (Å²) in [7, 11) is 0. The van der Waals surface area contributed by atoms with E-state index in [1.165, 1.54) is 0 Å². The maximum Gasteiger partial charge on any atom is 0.228 e. The van der Waals surface area contributed by atoms with E-state index < -0.39 is 0 Å². The van der Waals surface area contributed by atoms with Crippen molar-refractivity contribution in [2.24, 2.45) is 0 Å². The van der Waals surface area contributed by atoms with Crippen molar-refractivity contribution in [2.45, 2.75) is 25.3 Å². The summed E-state index contributed by atoms with van der Waals surface area (Å²) in [5.74, 6) is 1.87. The van der Waals surface area contributed by atoms with Gasteiger partial charge in [0, 0.05) is 37.5 Å². The number of nitrogens with one attached hydrogen (secondary N) is 1. The summed E-state index contributed by atoms with van der Waals surface area (Å²) >= 11 is 0. The third-order valence-corrected chi connectivity index (χ3v) is 4.13. The molecule has 126 valence electrons. The van der Waals surface area contributed by atoms with Crippen molar-refractivity contribution in [3.63, 3.8) is 0 Å². The van der Waals surface area contributed by atoms with Crippen LogP contribution in [0.2, 0.25) is 0 Å². The molecule has 4 rings (SSSR count). The standard InChI is InChI=1S/C17H18N8/c1-2-11-25(17-21-6-3-7-22-17)14(4-1)13-5-8-20-16(23-13)24-15-12-18-9-10-19-15/h3,5-10,12,14H,1-2,4,11H2,(H,19,20,23,24)/t14-/m1/s1. The lowest BCUT2D eigenvalue weighted by molar-refractivity contribution is 0.457. The average Bonchev–Trinajstić information content (AvgIpc) is 2.70. The molecule has 0 aliphatic carbocycles. The fourth-order valence-corrected chi connectivity index (χ4v) is 3.01. The molecule has 0 bridgehead atoms. The zero-order chi connectivity index (χ0) is 16.9. The minimum atomic E-state index is 0.140. The molecule has 1 aliphatic heterocycles. The first-order valence-corrected chi connectivity index (χ1v) is 8.30. The summed E-state index contributed by atoms with van der Waals surface area (Å²) in [4.78, 5) is 28.2. The Kier molecular flexibility index (Phi) is 4.40. The highest BCUT2D eigenvalue weighted by Gasteiger charge is 2.27. The molecular formula is C17H18N8. The third-order valence-electron chi connectivity index (χ3n) is 4.13. The van der Waals surface area contributed by atoms with Gasteiger partial charge in [-0.05, 0) is 31.4 Å². The monoisotopic (exact) mass is 334 g/mol. The molecule has 0 spiro atoms. The predicted molar refractivity (Wildman–Crippen MR) is 93.3 cm³/mol. The van der Waals surface area contributed by atoms with Crippen LogP contribution in [-0.2, 0) is 0 Å². The van der Waals surface area contributed by atoms with E-state index in [1.54, 1.807) is 37.2 Å². The molecule has 8 nitrogen and oxygen atoms in total. The molecule has 1 N–H and O–H groups in total. The molecule has 3 aromatic heterocycles. The van der Waals surface area contributed by atoms with Crippen LogP contribution in [0.3, 0.4) is 0 Å². The van der Waals surface area contributed by atoms with Gasteiger partial charge in [0.15, 0.2) is 5.82 Å². The van der Waals surface area contributed by atoms with Crippen LogP contribution < -0.4 is 10.2 Å². The fraction of sp³-hybridized carbons (Fsp3) is 0.294. The van der Waals surface area contributed by atoms with E-state index in [2.05, 4.69) is 40.1 Å². The van der Waals surface area contributed by atoms with Gasteiger partial charge in [0.2, 0.25) is 11.9 Å². The lowest BCUT2D eigenvalue weighted by Crippen LogP contribution is -2.35. The normalized spacial score (nSPS) is 17.3. The molecule has 3 aromatic rings. The first-order chi connectivity index (χ1) is 12.4. The smallest absolute Gasteiger partial charge is 0.228 e. The van der Waals surface area contributed by atoms with Crippen LogP contribution in [-0.4, -0.2) is 36.4 Å². The molecule has 0 unspecified atom stereocenters. The highest BCUT2D eigenvalue weighted by molar-refractivity contribution is 5.46. The molecule has 0 saturated carbocycles. The lowest BCUT2D eigenvalue weighted by atomic mass is 9.99. The van der Waals surface area contributed by atoms with Crippen molar-refractivity contribution in [3.8, 4) is 0 Å². The van der Waals surface area contributed by atoms with Crippen LogP contribution in [0.25, 0.3) is 0 Å². The molecule has 0 aromatic carbocycles. The summed E-state index contributed by atoms with van der Waals surface area (Å²) in [5.41, 5.74) is 0.952. The maximum atomic E-state index is 4.68. The number of hydrogen-bond acceptors (Lipinski definition) is 8. The van der Waals surface area contributed by atoms with Gasteiger partial charge in [-0.3, -0.25) is 4.98 Å². The van der Waals surface area contributed by atoms with Crippen molar-refractivity contribution in [1.29, 1.82) is 0 Å². The van der Waals surface area contributed by atoms with Crippen molar-refractivity contribution in [3.05, 3.63) is 55.0 Å². The van der Waals surface area contributed by atoms with Gasteiger partial charge in [0.1, 0.15) is 0 Å². The minimum Gasteiger partial charge on any atom is -0.332 e. The number of nitrogens with zero attached hydrogens (tertiary/aromatic N) is 7. The molecule has 1 saturated heterocycles. The Hall–Kier alpha value is -3.16. The summed E-state index contributed by atoms with van der Waals surface area (Å²) in [6.45, 7) is 0.922. The summed E-state index contributed by atoms with van der Waals surface area (Å²) in [6.07, 6.45) is 13.5. The van der Waals surface area contributed by atoms with Gasteiger partial charge in [0.05, 0.1) is 17.9 Å². The summed E-state index contributed by atoms with van der Waals surface area (Å²) in [5, 5.41) is 3.09. The van der Waals surface area contributed by atoms with Crippen molar-refractivity contribution >= 4 is 17.7 Å². The number of rotatable bonds is 4. The lowest BCUT2D eigenvalue weighted by Gasteiger charge is -2.35. The van der Waals surface area contributed by atoms with E-state index in [9.17, 15) is 0 Å². The van der Waals surface area contributed by atoms with Crippen molar-refractivity contribution in [1.82, 2.24) is 29.9 Å². The van der Waals surface area contributed by atoms with Gasteiger partial charge in [-0.1, -0.05) is 0 Å². The molecule has 1 atom stereocenters. The second-order valence-corrected chi connectivity index (χ2v) is 5.77. The van der Waals surface area contributed by atoms with Gasteiger partial charge in [-0.2, -0.15) is 0 Å². The largest absolute Gasteiger partial charge is 0.332 e. The van der Waals surface area contributed by atoms with E-state index in [1.807, 2.05) is 12.1 Å². The zero-order valence-corrected chi connectivity index (χ0v) is 13.7. The van der Waals surface area contributed by atoms with E-state index >= 15 is 0 Å². The first-order valence-electron chi connectivity index (χ1n) is 8.30. The number of piperidine rings is 1. The molecule has 4 heterocycles. The van der Waals surface area contributed by atoms with Crippen LogP contribution in [0.5, 0.6) is 0 Å². The van der Waals surface area contributed by atoms with Crippen LogP contribution in [0.1, 0.15) is 31.0 Å². The van der Waals surface area contributed by atoms with Crippen molar-refractivity contribution < 1.29 is 0 Å². The van der Waals surface area contributed by atoms with E-state index in [0.717, 1.165) is 37.4 Å². The highest BCUT2D eigenvalue weighted by Crippen LogP contribution is 2.32. The molecule has 8 heteroatoms. The number of hydrogen-bond donors (Lipinski definition) is 1. The van der Waals surface area contributed by atoms with Gasteiger partial charge in [-0.25, -0.2) is 24.9 Å². The Bertz CT molecular complexity index is 811. The molecular weight excluding hydrogens is 316 g/mol. The SMILES string of the molecule is c1cnc(N2CCCC[C@@H]2c2ccnc(Nc3cnccn3)n2)nc1. The van der Waals surface area contributed by atoms with Gasteiger partial charge >= 0.3 is 0 Å². The number of aromatic nitrogens is 6. The van der Waals surface area contributed by atoms with Gasteiger partial charge in [0.25, 0.3) is 0 Å². The quantitative estimate of drug-likeness (QED) is 0.778. The predicted octanol–water partition coefficient (Wildman–Crippen LogP) is 2.53. The van der Waals surface area contributed by atoms with E-state index in [-0.39, 0.29) is 6.04 Å². The number of anilines is 3. The summed E-state index contributed by atoms with van der Waals surface area (Å²) in [6, 6.07) is 3.92. The van der Waals surface area contributed by atoms with Crippen LogP contribution in [0.15, 0.2) is 49.3 Å². The molecule has 25 heavy (non-hydrogen) atoms. The van der Waals surface area contributed by atoms with E-state index in [0.29, 0.717) is 11.8 Å². The highest BCUT2D eigenvalue weighted by atomic mass is 15.3. The average molecular weight is 334 g/mol. The second kappa shape index (κ2) is 7.16. The maximum absolute atomic E-state index is 4.68. The Balaban J connectivity index is 1.60. The van der Waals surface area contributed by atoms with Crippen molar-refractivity contribution in [2.75, 3.05) is 16.8 Å². The fourth-order valence-electron chi connectivity index (χ4n) is 3.01. The molecule has 1 fully saturated rings. The molecule has 1 aliphatic rings. The third kappa shape index (κ3) is 3.52. The topological polar surface area (TPSA) is 92.6 Å². The Morgan fingerprint density at radius 2 is 1.88 bits per heavy atom. The Morgan fingerprint density at radius 3 is 2.72 bits per heavy atom. The second-order valence-electron chi connectivity index (χ2n) is 5.77. The van der Waals surface area contributed by atoms with Crippen LogP contribution in [0, 0.1) is 0 Å². The van der Waals surface area contributed by atoms with E-state index in [4.69, 9.17) is 0 Å². The summed E-state index contributed by atoms with van der Waals surface area (Å²) < 4.78 is 0. The zero-order valence-electron chi connectivity index (χ0n) is 13.7. The van der Waals surface area contributed by atoms with Crippen LogP contribution >= 0.6 is 0 Å². The first kappa shape index (κ1) is 15.4. The molecule has 0 radical (unpaired) electrons. The minimum absolute atomic E-state index is 0.140. The van der Waals surface area contributed by atoms with Gasteiger partial charge < -0.3 is 10.2 Å². The molecule has 0 amide bonds. The Labute approximate surface area is 145 Å².